The first-order valence-electron chi connectivity index (χ1n) is 9.79. The molecule has 0 aliphatic rings. The van der Waals surface area contributed by atoms with Crippen LogP contribution in [0.25, 0.3) is 28.1 Å². The second kappa shape index (κ2) is 7.88. The Kier molecular flexibility index (Phi) is 5.19. The van der Waals surface area contributed by atoms with Crippen molar-refractivity contribution in [3.05, 3.63) is 96.2 Å². The molecular weight excluding hydrogens is 453 g/mol. The van der Waals surface area contributed by atoms with Gasteiger partial charge in [0.15, 0.2) is 0 Å². The summed E-state index contributed by atoms with van der Waals surface area (Å²) in [7, 11) is 0. The minimum absolute atomic E-state index is 0.448. The van der Waals surface area contributed by atoms with Crippen molar-refractivity contribution in [1.82, 2.24) is 14.0 Å². The molecule has 4 nitrogen and oxygen atoms in total. The minimum Gasteiger partial charge on any atom is -0.382 e. The maximum Gasteiger partial charge on any atom is 0.221 e. The number of para-hydroxylation sites is 2. The van der Waals surface area contributed by atoms with Gasteiger partial charge in [0.05, 0.1) is 29.0 Å². The fourth-order valence-electron chi connectivity index (χ4n) is 3.97. The SMILES string of the molecule is O[C@@H](c1c(-c2ccccc2)nc2n(Cc3ccccc3)c3ccccc3n12)C(Cl)(Cl)Cl. The number of fused-ring (bicyclic) bond motifs is 3. The van der Waals surface area contributed by atoms with E-state index in [4.69, 9.17) is 39.8 Å². The van der Waals surface area contributed by atoms with Gasteiger partial charge >= 0.3 is 0 Å². The van der Waals surface area contributed by atoms with Gasteiger partial charge in [-0.3, -0.25) is 4.40 Å². The highest BCUT2D eigenvalue weighted by Gasteiger charge is 2.38. The van der Waals surface area contributed by atoms with E-state index in [2.05, 4.69) is 16.7 Å². The maximum atomic E-state index is 11.1. The Morgan fingerprint density at radius 1 is 0.806 bits per heavy atom. The minimum atomic E-state index is -1.91. The van der Waals surface area contributed by atoms with E-state index in [0.29, 0.717) is 23.7 Å². The van der Waals surface area contributed by atoms with Crippen LogP contribution in [0.2, 0.25) is 0 Å². The zero-order valence-corrected chi connectivity index (χ0v) is 18.6. The molecule has 0 saturated heterocycles. The predicted octanol–water partition coefficient (Wildman–Crippen LogP) is 6.41. The van der Waals surface area contributed by atoms with Crippen LogP contribution < -0.4 is 0 Å². The van der Waals surface area contributed by atoms with Crippen LogP contribution in [0.5, 0.6) is 0 Å². The molecule has 0 radical (unpaired) electrons. The molecule has 5 aromatic rings. The number of halogens is 3. The number of aliphatic hydroxyl groups is 1. The van der Waals surface area contributed by atoms with E-state index in [-0.39, 0.29) is 0 Å². The highest BCUT2D eigenvalue weighted by Crippen LogP contribution is 2.44. The first-order valence-corrected chi connectivity index (χ1v) is 10.9. The molecule has 7 heteroatoms. The molecule has 0 fully saturated rings. The van der Waals surface area contributed by atoms with E-state index in [0.717, 1.165) is 22.2 Å². The molecule has 5 rings (SSSR count). The van der Waals surface area contributed by atoms with E-state index >= 15 is 0 Å². The van der Waals surface area contributed by atoms with Crippen molar-refractivity contribution in [3.63, 3.8) is 0 Å². The Morgan fingerprint density at radius 2 is 1.39 bits per heavy atom. The van der Waals surface area contributed by atoms with Crippen LogP contribution in [-0.2, 0) is 6.54 Å². The largest absolute Gasteiger partial charge is 0.382 e. The number of rotatable bonds is 4. The summed E-state index contributed by atoms with van der Waals surface area (Å²) in [6, 6.07) is 27.7. The number of benzene rings is 3. The summed E-state index contributed by atoms with van der Waals surface area (Å²) < 4.78 is 2.10. The van der Waals surface area contributed by atoms with Crippen molar-refractivity contribution in [1.29, 1.82) is 0 Å². The van der Waals surface area contributed by atoms with E-state index in [1.54, 1.807) is 0 Å². The number of aliphatic hydroxyl groups excluding tert-OH is 1. The van der Waals surface area contributed by atoms with Gasteiger partial charge in [0.25, 0.3) is 0 Å². The number of nitrogens with zero attached hydrogens (tertiary/aromatic N) is 3. The standard InChI is InChI=1S/C24H18Cl3N3O/c25-24(26,27)22(31)21-20(17-11-5-2-6-12-17)28-23-29(15-16-9-3-1-4-10-16)18-13-7-8-14-19(18)30(21)23/h1-14,22,31H,15H2/t22-/m0/s1. The normalized spacial score (nSPS) is 13.2. The lowest BCUT2D eigenvalue weighted by molar-refractivity contribution is 0.177. The van der Waals surface area contributed by atoms with Gasteiger partial charge in [-0.1, -0.05) is 108 Å². The molecule has 0 spiro atoms. The number of imidazole rings is 2. The quantitative estimate of drug-likeness (QED) is 0.308. The zero-order valence-electron chi connectivity index (χ0n) is 16.3. The monoisotopic (exact) mass is 469 g/mol. The Morgan fingerprint density at radius 3 is 2.03 bits per heavy atom. The number of alkyl halides is 3. The lowest BCUT2D eigenvalue weighted by atomic mass is 10.1. The predicted molar refractivity (Wildman–Crippen MR) is 127 cm³/mol. The molecule has 0 aliphatic carbocycles. The average molecular weight is 471 g/mol. The topological polar surface area (TPSA) is 42.5 Å². The van der Waals surface area contributed by atoms with E-state index in [1.807, 2.05) is 77.2 Å². The van der Waals surface area contributed by atoms with Crippen LogP contribution in [0.3, 0.4) is 0 Å². The van der Waals surface area contributed by atoms with Gasteiger partial charge in [-0.15, -0.1) is 0 Å². The summed E-state index contributed by atoms with van der Waals surface area (Å²) in [6.07, 6.45) is -1.38. The molecule has 0 bridgehead atoms. The number of hydrogen-bond donors (Lipinski definition) is 1. The van der Waals surface area contributed by atoms with Crippen LogP contribution in [0, 0.1) is 0 Å². The Hall–Kier alpha value is -2.50. The van der Waals surface area contributed by atoms with Crippen molar-refractivity contribution in [2.24, 2.45) is 0 Å². The van der Waals surface area contributed by atoms with Gasteiger partial charge < -0.3 is 9.67 Å². The van der Waals surface area contributed by atoms with E-state index in [1.165, 1.54) is 0 Å². The van der Waals surface area contributed by atoms with Crippen LogP contribution in [0.15, 0.2) is 84.9 Å². The summed E-state index contributed by atoms with van der Waals surface area (Å²) in [5.41, 5.74) is 4.87. The molecule has 3 aromatic carbocycles. The van der Waals surface area contributed by atoms with Gasteiger partial charge in [-0.05, 0) is 17.7 Å². The summed E-state index contributed by atoms with van der Waals surface area (Å²) in [4.78, 5) is 4.94. The summed E-state index contributed by atoms with van der Waals surface area (Å²) in [5.74, 6) is 0.673. The Balaban J connectivity index is 1.85. The van der Waals surface area contributed by atoms with E-state index in [9.17, 15) is 5.11 Å². The van der Waals surface area contributed by atoms with Gasteiger partial charge in [0, 0.05) is 5.56 Å². The third-order valence-corrected chi connectivity index (χ3v) is 5.97. The van der Waals surface area contributed by atoms with Gasteiger partial charge in [-0.2, -0.15) is 0 Å². The third kappa shape index (κ3) is 3.60. The molecule has 2 aromatic heterocycles. The van der Waals surface area contributed by atoms with Crippen molar-refractivity contribution in [3.8, 4) is 11.3 Å². The fourth-order valence-corrected chi connectivity index (χ4v) is 4.28. The molecule has 31 heavy (non-hydrogen) atoms. The summed E-state index contributed by atoms with van der Waals surface area (Å²) >= 11 is 18.5. The molecular formula is C24H18Cl3N3O. The van der Waals surface area contributed by atoms with Crippen molar-refractivity contribution in [2.75, 3.05) is 0 Å². The highest BCUT2D eigenvalue weighted by atomic mass is 35.6. The first-order chi connectivity index (χ1) is 14.9. The Labute approximate surface area is 194 Å². The van der Waals surface area contributed by atoms with Crippen LogP contribution in [-0.4, -0.2) is 22.9 Å². The van der Waals surface area contributed by atoms with Crippen molar-refractivity contribution in [2.45, 2.75) is 16.4 Å². The van der Waals surface area contributed by atoms with Gasteiger partial charge in [0.1, 0.15) is 6.10 Å². The average Bonchev–Trinajstić information content (AvgIpc) is 3.30. The van der Waals surface area contributed by atoms with Crippen LogP contribution in [0.1, 0.15) is 17.4 Å². The molecule has 0 saturated carbocycles. The molecule has 2 heterocycles. The van der Waals surface area contributed by atoms with Gasteiger partial charge in [0.2, 0.25) is 9.57 Å². The number of hydrogen-bond acceptors (Lipinski definition) is 2. The fraction of sp³-hybridized carbons (Fsp3) is 0.125. The molecule has 0 amide bonds. The molecule has 0 aliphatic heterocycles. The summed E-state index contributed by atoms with van der Waals surface area (Å²) in [5, 5.41) is 11.1. The second-order valence-electron chi connectivity index (χ2n) is 7.35. The second-order valence-corrected chi connectivity index (χ2v) is 9.72. The van der Waals surface area contributed by atoms with Crippen LogP contribution >= 0.6 is 34.8 Å². The number of aromatic nitrogens is 3. The molecule has 1 N–H and O–H groups in total. The third-order valence-electron chi connectivity index (χ3n) is 5.35. The molecule has 1 atom stereocenters. The molecule has 0 unspecified atom stereocenters. The maximum absolute atomic E-state index is 11.1. The molecule has 156 valence electrons. The van der Waals surface area contributed by atoms with E-state index < -0.39 is 9.90 Å². The smallest absolute Gasteiger partial charge is 0.221 e. The first kappa shape index (κ1) is 20.4. The summed E-state index contributed by atoms with van der Waals surface area (Å²) in [6.45, 7) is 0.617. The zero-order chi connectivity index (χ0) is 21.6. The lowest BCUT2D eigenvalue weighted by Crippen LogP contribution is -2.19. The van der Waals surface area contributed by atoms with Crippen molar-refractivity contribution >= 4 is 51.6 Å². The lowest BCUT2D eigenvalue weighted by Gasteiger charge is -2.20. The highest BCUT2D eigenvalue weighted by molar-refractivity contribution is 6.68. The van der Waals surface area contributed by atoms with Crippen molar-refractivity contribution < 1.29 is 5.11 Å². The Bertz CT molecular complexity index is 1360. The van der Waals surface area contributed by atoms with Crippen LogP contribution in [0.4, 0.5) is 0 Å². The van der Waals surface area contributed by atoms with Gasteiger partial charge in [-0.25, -0.2) is 4.98 Å².